The molecule has 1 aromatic rings. The topological polar surface area (TPSA) is 64.4 Å². The normalized spacial score (nSPS) is 12.8. The zero-order chi connectivity index (χ0) is 15.9. The van der Waals surface area contributed by atoms with Gasteiger partial charge in [-0.2, -0.15) is 0 Å². The highest BCUT2D eigenvalue weighted by Gasteiger charge is 2.33. The molecule has 1 atom stereocenters. The predicted octanol–water partition coefficient (Wildman–Crippen LogP) is 2.64. The number of ether oxygens (including phenoxy) is 1. The second-order valence-corrected chi connectivity index (χ2v) is 5.65. The monoisotopic (exact) mass is 292 g/mol. The van der Waals surface area contributed by atoms with Crippen LogP contribution in [0.15, 0.2) is 24.3 Å². The number of nitrogens with two attached hydrogens (primary N) is 1. The van der Waals surface area contributed by atoms with Crippen LogP contribution in [-0.2, 0) is 4.79 Å². The van der Waals surface area contributed by atoms with Crippen molar-refractivity contribution in [3.05, 3.63) is 29.8 Å². The Morgan fingerprint density at radius 1 is 1.38 bits per heavy atom. The number of hydrogen-bond donors (Lipinski definition) is 2. The van der Waals surface area contributed by atoms with E-state index in [-0.39, 0.29) is 12.0 Å². The van der Waals surface area contributed by atoms with Crippen molar-refractivity contribution < 1.29 is 9.53 Å². The Hall–Kier alpha value is -1.55. The molecule has 118 valence electrons. The summed E-state index contributed by atoms with van der Waals surface area (Å²) in [5, 5.41) is 2.97. The number of nitrogens with one attached hydrogen (secondary N) is 1. The van der Waals surface area contributed by atoms with E-state index in [4.69, 9.17) is 10.5 Å². The van der Waals surface area contributed by atoms with E-state index in [1.54, 1.807) is 0 Å². The molecule has 1 rings (SSSR count). The van der Waals surface area contributed by atoms with Crippen LogP contribution in [0.25, 0.3) is 0 Å². The van der Waals surface area contributed by atoms with Gasteiger partial charge in [0.25, 0.3) is 0 Å². The number of carbonyl (C=O) groups excluding carboxylic acids is 1. The molecule has 1 amide bonds. The fourth-order valence-electron chi connectivity index (χ4n) is 2.34. The summed E-state index contributed by atoms with van der Waals surface area (Å²) in [5.41, 5.74) is 6.48. The Balaban J connectivity index is 2.52. The summed E-state index contributed by atoms with van der Waals surface area (Å²) in [7, 11) is 0. The van der Waals surface area contributed by atoms with Gasteiger partial charge < -0.3 is 15.8 Å². The summed E-state index contributed by atoms with van der Waals surface area (Å²) in [6.45, 7) is 8.83. The van der Waals surface area contributed by atoms with Gasteiger partial charge in [-0.15, -0.1) is 0 Å². The van der Waals surface area contributed by atoms with E-state index in [0.717, 1.165) is 24.2 Å². The number of aryl methyl sites for hydroxylation is 1. The van der Waals surface area contributed by atoms with Crippen molar-refractivity contribution in [1.82, 2.24) is 5.32 Å². The highest BCUT2D eigenvalue weighted by molar-refractivity contribution is 5.82. The predicted molar refractivity (Wildman–Crippen MR) is 86.3 cm³/mol. The molecule has 0 aliphatic carbocycles. The molecule has 3 N–H and O–H groups in total. The molecular formula is C17H28N2O2. The standard InChI is InChI=1S/C17H28N2O2/c1-5-17(6-2,12-18)16(20)19-11-14(4)21-15-9-7-8-13(3)10-15/h7-10,14H,5-6,11-12,18H2,1-4H3,(H,19,20). The van der Waals surface area contributed by atoms with Crippen molar-refractivity contribution in [1.29, 1.82) is 0 Å². The van der Waals surface area contributed by atoms with Crippen molar-refractivity contribution >= 4 is 5.91 Å². The second kappa shape index (κ2) is 8.03. The molecule has 4 nitrogen and oxygen atoms in total. The van der Waals surface area contributed by atoms with E-state index in [1.807, 2.05) is 52.0 Å². The summed E-state index contributed by atoms with van der Waals surface area (Å²) in [6.07, 6.45) is 1.41. The van der Waals surface area contributed by atoms with E-state index < -0.39 is 5.41 Å². The lowest BCUT2D eigenvalue weighted by atomic mass is 9.81. The second-order valence-electron chi connectivity index (χ2n) is 5.65. The molecule has 1 aromatic carbocycles. The molecule has 0 aliphatic heterocycles. The first kappa shape index (κ1) is 17.5. The summed E-state index contributed by atoms with van der Waals surface area (Å²) in [5.74, 6) is 0.850. The number of carbonyl (C=O) groups is 1. The maximum absolute atomic E-state index is 12.3. The maximum atomic E-state index is 12.3. The lowest BCUT2D eigenvalue weighted by molar-refractivity contribution is -0.131. The third kappa shape index (κ3) is 4.74. The van der Waals surface area contributed by atoms with Crippen molar-refractivity contribution in [2.45, 2.75) is 46.6 Å². The summed E-state index contributed by atoms with van der Waals surface area (Å²) < 4.78 is 5.81. The van der Waals surface area contributed by atoms with Gasteiger partial charge in [0.05, 0.1) is 12.0 Å². The maximum Gasteiger partial charge on any atom is 0.227 e. The molecular weight excluding hydrogens is 264 g/mol. The van der Waals surface area contributed by atoms with E-state index in [0.29, 0.717) is 13.1 Å². The lowest BCUT2D eigenvalue weighted by Gasteiger charge is -2.29. The van der Waals surface area contributed by atoms with Crippen LogP contribution in [0.1, 0.15) is 39.2 Å². The van der Waals surface area contributed by atoms with Gasteiger partial charge in [-0.05, 0) is 44.4 Å². The molecule has 0 spiro atoms. The third-order valence-electron chi connectivity index (χ3n) is 4.10. The van der Waals surface area contributed by atoms with Gasteiger partial charge in [-0.3, -0.25) is 4.79 Å². The zero-order valence-corrected chi connectivity index (χ0v) is 13.6. The molecule has 0 fully saturated rings. The molecule has 0 heterocycles. The Morgan fingerprint density at radius 2 is 2.05 bits per heavy atom. The molecule has 0 aliphatic rings. The Labute approximate surface area is 128 Å². The molecule has 0 aromatic heterocycles. The number of rotatable bonds is 8. The number of amides is 1. The molecule has 0 radical (unpaired) electrons. The van der Waals surface area contributed by atoms with E-state index in [1.165, 1.54) is 0 Å². The molecule has 4 heteroatoms. The average molecular weight is 292 g/mol. The van der Waals surface area contributed by atoms with Gasteiger partial charge in [0.1, 0.15) is 11.9 Å². The SMILES string of the molecule is CCC(CC)(CN)C(=O)NCC(C)Oc1cccc(C)c1. The van der Waals surface area contributed by atoms with Crippen LogP contribution in [0.4, 0.5) is 0 Å². The number of benzene rings is 1. The van der Waals surface area contributed by atoms with Crippen molar-refractivity contribution in [2.24, 2.45) is 11.1 Å². The minimum Gasteiger partial charge on any atom is -0.489 e. The third-order valence-corrected chi connectivity index (χ3v) is 4.10. The van der Waals surface area contributed by atoms with Crippen LogP contribution in [0, 0.1) is 12.3 Å². The van der Waals surface area contributed by atoms with E-state index in [9.17, 15) is 4.79 Å². The van der Waals surface area contributed by atoms with Gasteiger partial charge >= 0.3 is 0 Å². The van der Waals surface area contributed by atoms with Crippen LogP contribution < -0.4 is 15.8 Å². The number of hydrogen-bond acceptors (Lipinski definition) is 3. The first-order valence-electron chi connectivity index (χ1n) is 7.69. The molecule has 0 bridgehead atoms. The van der Waals surface area contributed by atoms with Crippen LogP contribution >= 0.6 is 0 Å². The minimum atomic E-state index is -0.455. The molecule has 0 saturated carbocycles. The summed E-state index contributed by atoms with van der Waals surface area (Å²) >= 11 is 0. The minimum absolute atomic E-state index is 0.0229. The fraction of sp³-hybridized carbons (Fsp3) is 0.588. The lowest BCUT2D eigenvalue weighted by Crippen LogP contribution is -2.47. The Bertz CT molecular complexity index is 448. The molecule has 0 saturated heterocycles. The zero-order valence-electron chi connectivity index (χ0n) is 13.6. The largest absolute Gasteiger partial charge is 0.489 e. The van der Waals surface area contributed by atoms with Crippen LogP contribution in [-0.4, -0.2) is 25.1 Å². The first-order valence-corrected chi connectivity index (χ1v) is 7.69. The highest BCUT2D eigenvalue weighted by atomic mass is 16.5. The van der Waals surface area contributed by atoms with Gasteiger partial charge in [0.2, 0.25) is 5.91 Å². The van der Waals surface area contributed by atoms with E-state index >= 15 is 0 Å². The van der Waals surface area contributed by atoms with Crippen LogP contribution in [0.5, 0.6) is 5.75 Å². The Kier molecular flexibility index (Phi) is 6.69. The smallest absolute Gasteiger partial charge is 0.227 e. The highest BCUT2D eigenvalue weighted by Crippen LogP contribution is 2.25. The summed E-state index contributed by atoms with van der Waals surface area (Å²) in [4.78, 5) is 12.3. The average Bonchev–Trinajstić information content (AvgIpc) is 2.47. The molecule has 1 unspecified atom stereocenters. The summed E-state index contributed by atoms with van der Waals surface area (Å²) in [6, 6.07) is 7.90. The first-order chi connectivity index (χ1) is 9.97. The van der Waals surface area contributed by atoms with Crippen LogP contribution in [0.2, 0.25) is 0 Å². The van der Waals surface area contributed by atoms with E-state index in [2.05, 4.69) is 5.32 Å². The van der Waals surface area contributed by atoms with Crippen LogP contribution in [0.3, 0.4) is 0 Å². The van der Waals surface area contributed by atoms with Crippen molar-refractivity contribution in [2.75, 3.05) is 13.1 Å². The quantitative estimate of drug-likeness (QED) is 0.774. The van der Waals surface area contributed by atoms with Gasteiger partial charge in [-0.25, -0.2) is 0 Å². The van der Waals surface area contributed by atoms with Crippen molar-refractivity contribution in [3.63, 3.8) is 0 Å². The van der Waals surface area contributed by atoms with Crippen molar-refractivity contribution in [3.8, 4) is 5.75 Å². The van der Waals surface area contributed by atoms with Gasteiger partial charge in [-0.1, -0.05) is 26.0 Å². The van der Waals surface area contributed by atoms with Gasteiger partial charge in [0.15, 0.2) is 0 Å². The molecule has 21 heavy (non-hydrogen) atoms. The fourth-order valence-corrected chi connectivity index (χ4v) is 2.34. The van der Waals surface area contributed by atoms with Gasteiger partial charge in [0, 0.05) is 6.54 Å². The Morgan fingerprint density at radius 3 is 2.57 bits per heavy atom.